The minimum Gasteiger partial charge on any atom is -0.462 e. The van der Waals surface area contributed by atoms with Crippen molar-refractivity contribution in [3.63, 3.8) is 0 Å². The summed E-state index contributed by atoms with van der Waals surface area (Å²) in [7, 11) is 0. The SMILES string of the molecule is CCC(CC)C(C#N)(c1cccc(C)c1)[C@@H]1CCC[C@H]1OC(C)=O. The van der Waals surface area contributed by atoms with E-state index >= 15 is 0 Å². The van der Waals surface area contributed by atoms with Crippen LogP contribution in [-0.2, 0) is 14.9 Å². The smallest absolute Gasteiger partial charge is 0.302 e. The Morgan fingerprint density at radius 1 is 1.38 bits per heavy atom. The highest BCUT2D eigenvalue weighted by molar-refractivity contribution is 5.66. The van der Waals surface area contributed by atoms with Gasteiger partial charge in [-0.15, -0.1) is 0 Å². The largest absolute Gasteiger partial charge is 0.462 e. The number of hydrogen-bond acceptors (Lipinski definition) is 3. The van der Waals surface area contributed by atoms with Crippen LogP contribution in [0.1, 0.15) is 64.0 Å². The first-order valence-corrected chi connectivity index (χ1v) is 9.15. The van der Waals surface area contributed by atoms with Crippen molar-refractivity contribution in [3.8, 4) is 6.07 Å². The number of ether oxygens (including phenoxy) is 1. The van der Waals surface area contributed by atoms with Crippen LogP contribution >= 0.6 is 0 Å². The number of benzene rings is 1. The number of rotatable bonds is 6. The monoisotopic (exact) mass is 327 g/mol. The highest BCUT2D eigenvalue weighted by Crippen LogP contribution is 2.50. The van der Waals surface area contributed by atoms with Crippen molar-refractivity contribution in [1.82, 2.24) is 0 Å². The average Bonchev–Trinajstić information content (AvgIpc) is 3.00. The average molecular weight is 327 g/mol. The van der Waals surface area contributed by atoms with E-state index < -0.39 is 5.41 Å². The van der Waals surface area contributed by atoms with E-state index in [1.807, 2.05) is 6.07 Å². The molecule has 24 heavy (non-hydrogen) atoms. The number of hydrogen-bond donors (Lipinski definition) is 0. The molecular weight excluding hydrogens is 298 g/mol. The third-order valence-electron chi connectivity index (χ3n) is 5.67. The number of nitriles is 1. The second kappa shape index (κ2) is 7.83. The lowest BCUT2D eigenvalue weighted by Gasteiger charge is -2.42. The lowest BCUT2D eigenvalue weighted by atomic mass is 9.60. The molecule has 1 aliphatic rings. The van der Waals surface area contributed by atoms with Crippen LogP contribution in [0.4, 0.5) is 0 Å². The Morgan fingerprint density at radius 3 is 2.62 bits per heavy atom. The Kier molecular flexibility index (Phi) is 6.04. The Morgan fingerprint density at radius 2 is 2.08 bits per heavy atom. The van der Waals surface area contributed by atoms with Crippen LogP contribution < -0.4 is 0 Å². The summed E-state index contributed by atoms with van der Waals surface area (Å²) < 4.78 is 5.63. The normalized spacial score (nSPS) is 22.8. The summed E-state index contributed by atoms with van der Waals surface area (Å²) in [5, 5.41) is 10.4. The van der Waals surface area contributed by atoms with Gasteiger partial charge < -0.3 is 4.74 Å². The van der Waals surface area contributed by atoms with E-state index in [0.29, 0.717) is 0 Å². The maximum Gasteiger partial charge on any atom is 0.302 e. The van der Waals surface area contributed by atoms with Crippen molar-refractivity contribution >= 4 is 5.97 Å². The van der Waals surface area contributed by atoms with Gasteiger partial charge in [0, 0.05) is 12.8 Å². The van der Waals surface area contributed by atoms with Crippen LogP contribution in [0, 0.1) is 30.1 Å². The number of carbonyl (C=O) groups excluding carboxylic acids is 1. The number of aryl methyl sites for hydroxylation is 1. The molecule has 1 saturated carbocycles. The molecule has 1 aliphatic carbocycles. The lowest BCUT2D eigenvalue weighted by molar-refractivity contribution is -0.149. The third-order valence-corrected chi connectivity index (χ3v) is 5.67. The van der Waals surface area contributed by atoms with E-state index in [0.717, 1.165) is 37.7 Å². The molecule has 0 radical (unpaired) electrons. The van der Waals surface area contributed by atoms with Crippen LogP contribution in [0.15, 0.2) is 24.3 Å². The summed E-state index contributed by atoms with van der Waals surface area (Å²) in [6.45, 7) is 7.85. The van der Waals surface area contributed by atoms with Gasteiger partial charge in [0.2, 0.25) is 0 Å². The molecular formula is C21H29NO2. The molecule has 3 nitrogen and oxygen atoms in total. The first-order chi connectivity index (χ1) is 11.5. The molecule has 1 aromatic carbocycles. The van der Waals surface area contributed by atoms with Crippen molar-refractivity contribution in [1.29, 1.82) is 5.26 Å². The van der Waals surface area contributed by atoms with Crippen molar-refractivity contribution < 1.29 is 9.53 Å². The first kappa shape index (κ1) is 18.5. The zero-order valence-corrected chi connectivity index (χ0v) is 15.3. The fourth-order valence-corrected chi connectivity index (χ4v) is 4.63. The Labute approximate surface area is 146 Å². The molecule has 0 bridgehead atoms. The molecule has 0 spiro atoms. The highest BCUT2D eigenvalue weighted by atomic mass is 16.5. The van der Waals surface area contributed by atoms with Crippen LogP contribution in [0.25, 0.3) is 0 Å². The summed E-state index contributed by atoms with van der Waals surface area (Å²) >= 11 is 0. The molecule has 0 amide bonds. The van der Waals surface area contributed by atoms with Crippen molar-refractivity contribution in [2.75, 3.05) is 0 Å². The summed E-state index contributed by atoms with van der Waals surface area (Å²) in [6, 6.07) is 11.0. The minimum absolute atomic E-state index is 0.0677. The van der Waals surface area contributed by atoms with Crippen LogP contribution in [0.5, 0.6) is 0 Å². The van der Waals surface area contributed by atoms with Gasteiger partial charge in [-0.3, -0.25) is 4.79 Å². The Balaban J connectivity index is 2.57. The molecule has 1 unspecified atom stereocenters. The number of carbonyl (C=O) groups is 1. The maximum atomic E-state index is 11.6. The van der Waals surface area contributed by atoms with E-state index in [1.54, 1.807) is 0 Å². The molecule has 130 valence electrons. The fraction of sp³-hybridized carbons (Fsp3) is 0.619. The van der Waals surface area contributed by atoms with Gasteiger partial charge in [-0.05, 0) is 37.7 Å². The first-order valence-electron chi connectivity index (χ1n) is 9.15. The molecule has 0 heterocycles. The van der Waals surface area contributed by atoms with Gasteiger partial charge in [-0.1, -0.05) is 56.5 Å². The van der Waals surface area contributed by atoms with Gasteiger partial charge in [-0.2, -0.15) is 5.26 Å². The van der Waals surface area contributed by atoms with E-state index in [9.17, 15) is 10.1 Å². The molecule has 0 N–H and O–H groups in total. The molecule has 3 atom stereocenters. The van der Waals surface area contributed by atoms with Crippen LogP contribution in [-0.4, -0.2) is 12.1 Å². The predicted octanol–water partition coefficient (Wildman–Crippen LogP) is 4.92. The molecule has 1 fully saturated rings. The van der Waals surface area contributed by atoms with Gasteiger partial charge in [0.25, 0.3) is 0 Å². The van der Waals surface area contributed by atoms with Gasteiger partial charge in [0.05, 0.1) is 11.5 Å². The molecule has 0 aromatic heterocycles. The Bertz CT molecular complexity index is 615. The zero-order chi connectivity index (χ0) is 17.7. The van der Waals surface area contributed by atoms with Gasteiger partial charge in [0.15, 0.2) is 0 Å². The fourth-order valence-electron chi connectivity index (χ4n) is 4.63. The molecule has 3 heteroatoms. The highest BCUT2D eigenvalue weighted by Gasteiger charge is 2.51. The van der Waals surface area contributed by atoms with Crippen molar-refractivity contribution in [3.05, 3.63) is 35.4 Å². The van der Waals surface area contributed by atoms with Crippen molar-refractivity contribution in [2.45, 2.75) is 71.3 Å². The van der Waals surface area contributed by atoms with E-state index in [4.69, 9.17) is 4.74 Å². The Hall–Kier alpha value is -1.82. The zero-order valence-electron chi connectivity index (χ0n) is 15.3. The number of nitrogens with zero attached hydrogens (tertiary/aromatic N) is 1. The summed E-state index contributed by atoms with van der Waals surface area (Å²) in [6.07, 6.45) is 4.55. The topological polar surface area (TPSA) is 50.1 Å². The maximum absolute atomic E-state index is 11.6. The molecule has 1 aromatic rings. The second-order valence-electron chi connectivity index (χ2n) is 7.05. The molecule has 0 aliphatic heterocycles. The second-order valence-corrected chi connectivity index (χ2v) is 7.05. The van der Waals surface area contributed by atoms with Crippen molar-refractivity contribution in [2.24, 2.45) is 11.8 Å². The summed E-state index contributed by atoms with van der Waals surface area (Å²) in [5.74, 6) is 0.0797. The van der Waals surface area contributed by atoms with E-state index in [1.165, 1.54) is 12.5 Å². The van der Waals surface area contributed by atoms with E-state index in [2.05, 4.69) is 45.0 Å². The molecule has 0 saturated heterocycles. The summed E-state index contributed by atoms with van der Waals surface area (Å²) in [4.78, 5) is 11.6. The number of esters is 1. The third kappa shape index (κ3) is 3.34. The minimum atomic E-state index is -0.591. The lowest BCUT2D eigenvalue weighted by Crippen LogP contribution is -2.45. The van der Waals surface area contributed by atoms with Crippen LogP contribution in [0.3, 0.4) is 0 Å². The molecule has 2 rings (SSSR count). The standard InChI is InChI=1S/C21H29NO2/c1-5-17(6-2)21(14-22,18-10-7-9-15(3)13-18)19-11-8-12-20(19)24-16(4)23/h7,9-10,13,17,19-20H,5-6,8,11-12H2,1-4H3/t19-,20-,21?/m1/s1. The quantitative estimate of drug-likeness (QED) is 0.696. The van der Waals surface area contributed by atoms with Gasteiger partial charge in [-0.25, -0.2) is 0 Å². The summed E-state index contributed by atoms with van der Waals surface area (Å²) in [5.41, 5.74) is 1.66. The van der Waals surface area contributed by atoms with Gasteiger partial charge in [0.1, 0.15) is 6.10 Å². The van der Waals surface area contributed by atoms with E-state index in [-0.39, 0.29) is 23.9 Å². The predicted molar refractivity (Wildman–Crippen MR) is 95.4 cm³/mol. The van der Waals surface area contributed by atoms with Gasteiger partial charge >= 0.3 is 5.97 Å². The van der Waals surface area contributed by atoms with Crippen LogP contribution in [0.2, 0.25) is 0 Å².